The smallest absolute Gasteiger partial charge is 0.329 e. The molecule has 4 rings (SSSR count). The van der Waals surface area contributed by atoms with Gasteiger partial charge in [-0.15, -0.1) is 0 Å². The van der Waals surface area contributed by atoms with Crippen molar-refractivity contribution in [1.29, 1.82) is 0 Å². The van der Waals surface area contributed by atoms with Gasteiger partial charge in [-0.3, -0.25) is 9.52 Å². The fraction of sp³-hybridized carbons (Fsp3) is 0.300. The quantitative estimate of drug-likeness (QED) is 0.722. The lowest BCUT2D eigenvalue weighted by atomic mass is 9.99. The van der Waals surface area contributed by atoms with E-state index < -0.39 is 5.91 Å². The molecule has 0 radical (unpaired) electrons. The van der Waals surface area contributed by atoms with Gasteiger partial charge in [-0.25, -0.2) is 4.79 Å². The largest absolute Gasteiger partial charge is 0.366 e. The molecule has 0 heterocycles. The number of aryl methyl sites for hydroxylation is 2. The first kappa shape index (κ1) is 17.0. The van der Waals surface area contributed by atoms with Gasteiger partial charge in [0, 0.05) is 16.1 Å². The van der Waals surface area contributed by atoms with Crippen LogP contribution in [-0.4, -0.2) is 11.9 Å². The number of rotatable bonds is 4. The third kappa shape index (κ3) is 3.29. The van der Waals surface area contributed by atoms with Gasteiger partial charge < -0.3 is 11.1 Å². The molecule has 6 heteroatoms. The third-order valence-electron chi connectivity index (χ3n) is 5.09. The van der Waals surface area contributed by atoms with Crippen molar-refractivity contribution in [2.24, 2.45) is 5.73 Å². The highest BCUT2D eigenvalue weighted by Crippen LogP contribution is 2.38. The van der Waals surface area contributed by atoms with Crippen molar-refractivity contribution in [1.82, 2.24) is 4.72 Å². The molecule has 0 atom stereocenters. The van der Waals surface area contributed by atoms with Gasteiger partial charge in [-0.1, -0.05) is 12.1 Å². The molecule has 0 fully saturated rings. The summed E-state index contributed by atoms with van der Waals surface area (Å²) >= 11 is 1.18. The van der Waals surface area contributed by atoms with Crippen LogP contribution in [0.4, 0.5) is 10.5 Å². The van der Waals surface area contributed by atoms with Crippen LogP contribution < -0.4 is 15.8 Å². The topological polar surface area (TPSA) is 84.2 Å². The number of fused-ring (bicyclic) bond motifs is 2. The summed E-state index contributed by atoms with van der Waals surface area (Å²) in [6.45, 7) is 0. The van der Waals surface area contributed by atoms with Crippen LogP contribution in [-0.2, 0) is 25.7 Å². The lowest BCUT2D eigenvalue weighted by Crippen LogP contribution is -2.24. The molecule has 0 spiro atoms. The van der Waals surface area contributed by atoms with Crippen molar-refractivity contribution in [2.45, 2.75) is 43.4 Å². The zero-order chi connectivity index (χ0) is 18.1. The van der Waals surface area contributed by atoms with E-state index in [4.69, 9.17) is 5.73 Å². The van der Waals surface area contributed by atoms with Crippen LogP contribution in [0.2, 0.25) is 0 Å². The van der Waals surface area contributed by atoms with Gasteiger partial charge in [0.05, 0.1) is 0 Å². The Bertz CT molecular complexity index is 863. The summed E-state index contributed by atoms with van der Waals surface area (Å²) in [5.41, 5.74) is 12.1. The number of hydrogen-bond donors (Lipinski definition) is 3. The second-order valence-electron chi connectivity index (χ2n) is 6.78. The summed E-state index contributed by atoms with van der Waals surface area (Å²) in [6.07, 6.45) is 6.59. The highest BCUT2D eigenvalue weighted by Gasteiger charge is 2.24. The number of primary amides is 1. The molecular weight excluding hydrogens is 346 g/mol. The van der Waals surface area contributed by atoms with E-state index in [2.05, 4.69) is 16.1 Å². The summed E-state index contributed by atoms with van der Waals surface area (Å²) in [6, 6.07) is 9.01. The van der Waals surface area contributed by atoms with Crippen LogP contribution in [0.5, 0.6) is 0 Å². The second-order valence-corrected chi connectivity index (χ2v) is 7.66. The molecule has 0 saturated heterocycles. The number of urea groups is 1. The Morgan fingerprint density at radius 2 is 1.65 bits per heavy atom. The Balaban J connectivity index is 1.48. The van der Waals surface area contributed by atoms with Crippen LogP contribution in [0.3, 0.4) is 0 Å². The van der Waals surface area contributed by atoms with Gasteiger partial charge in [0.2, 0.25) is 5.91 Å². The van der Waals surface area contributed by atoms with Crippen LogP contribution in [0.1, 0.15) is 45.5 Å². The Labute approximate surface area is 156 Å². The maximum atomic E-state index is 12.5. The molecular formula is C20H21N3O2S. The van der Waals surface area contributed by atoms with Gasteiger partial charge in [0.25, 0.3) is 0 Å². The monoisotopic (exact) mass is 367 g/mol. The fourth-order valence-corrected chi connectivity index (χ4v) is 4.52. The summed E-state index contributed by atoms with van der Waals surface area (Å²) < 4.78 is 2.81. The number of carbonyl (C=O) groups excluding carboxylic acids is 2. The van der Waals surface area contributed by atoms with Crippen molar-refractivity contribution >= 4 is 29.6 Å². The fourth-order valence-electron chi connectivity index (χ4n) is 3.92. The molecule has 0 unspecified atom stereocenters. The first-order valence-corrected chi connectivity index (χ1v) is 9.73. The number of amides is 3. The number of anilines is 1. The molecule has 0 bridgehead atoms. The standard InChI is InChI=1S/C20H21N3O2S/c21-19(24)14-6-1-7-15(11-14)26-23-20(25)22-18-16-8-2-4-12(16)10-13-5-3-9-17(13)18/h1,6-7,10-11H,2-5,8-9H2,(H2,21,24)(H2,22,23,25). The van der Waals surface area contributed by atoms with E-state index in [0.717, 1.165) is 49.1 Å². The molecule has 0 saturated carbocycles. The zero-order valence-electron chi connectivity index (χ0n) is 14.4. The number of benzene rings is 2. The molecule has 26 heavy (non-hydrogen) atoms. The van der Waals surface area contributed by atoms with Crippen molar-refractivity contribution in [3.63, 3.8) is 0 Å². The maximum Gasteiger partial charge on any atom is 0.329 e. The molecule has 4 N–H and O–H groups in total. The predicted octanol–water partition coefficient (Wildman–Crippen LogP) is 3.59. The molecule has 2 aliphatic carbocycles. The summed E-state index contributed by atoms with van der Waals surface area (Å²) in [4.78, 5) is 24.5. The van der Waals surface area contributed by atoms with E-state index in [1.807, 2.05) is 6.07 Å². The summed E-state index contributed by atoms with van der Waals surface area (Å²) in [7, 11) is 0. The van der Waals surface area contributed by atoms with Crippen LogP contribution in [0.25, 0.3) is 0 Å². The molecule has 3 amide bonds. The summed E-state index contributed by atoms with van der Waals surface area (Å²) in [5.74, 6) is -0.479. The van der Waals surface area contributed by atoms with Crippen molar-refractivity contribution < 1.29 is 9.59 Å². The molecule has 2 aromatic rings. The van der Waals surface area contributed by atoms with E-state index >= 15 is 0 Å². The normalized spacial score (nSPS) is 14.6. The number of hydrogen-bond acceptors (Lipinski definition) is 3. The van der Waals surface area contributed by atoms with Crippen LogP contribution in [0.15, 0.2) is 35.2 Å². The SMILES string of the molecule is NC(=O)c1cccc(SNC(=O)Nc2c3c(cc4c2CCC4)CCC3)c1. The highest BCUT2D eigenvalue weighted by atomic mass is 32.2. The van der Waals surface area contributed by atoms with Crippen LogP contribution >= 0.6 is 11.9 Å². The molecule has 2 aliphatic rings. The average Bonchev–Trinajstić information content (AvgIpc) is 3.29. The van der Waals surface area contributed by atoms with Gasteiger partial charge in [-0.05, 0) is 90.9 Å². The Morgan fingerprint density at radius 3 is 2.31 bits per heavy atom. The predicted molar refractivity (Wildman–Crippen MR) is 103 cm³/mol. The van der Waals surface area contributed by atoms with Crippen LogP contribution in [0, 0.1) is 0 Å². The Morgan fingerprint density at radius 1 is 0.962 bits per heavy atom. The van der Waals surface area contributed by atoms with E-state index in [-0.39, 0.29) is 6.03 Å². The molecule has 134 valence electrons. The van der Waals surface area contributed by atoms with Gasteiger partial charge in [-0.2, -0.15) is 0 Å². The lowest BCUT2D eigenvalue weighted by Gasteiger charge is -2.16. The van der Waals surface area contributed by atoms with E-state index in [0.29, 0.717) is 5.56 Å². The first-order valence-electron chi connectivity index (χ1n) is 8.92. The molecule has 2 aromatic carbocycles. The first-order chi connectivity index (χ1) is 12.6. The van der Waals surface area contributed by atoms with E-state index in [9.17, 15) is 9.59 Å². The minimum Gasteiger partial charge on any atom is -0.366 e. The lowest BCUT2D eigenvalue weighted by molar-refractivity contribution is 0.1000. The van der Waals surface area contributed by atoms with Crippen molar-refractivity contribution in [3.05, 3.63) is 58.1 Å². The second kappa shape index (κ2) is 7.03. The molecule has 0 aromatic heterocycles. The van der Waals surface area contributed by atoms with Crippen molar-refractivity contribution in [2.75, 3.05) is 5.32 Å². The number of nitrogens with two attached hydrogens (primary N) is 1. The summed E-state index contributed by atoms with van der Waals surface area (Å²) in [5, 5.41) is 3.09. The van der Waals surface area contributed by atoms with Gasteiger partial charge >= 0.3 is 6.03 Å². The molecule has 0 aliphatic heterocycles. The molecule has 5 nitrogen and oxygen atoms in total. The van der Waals surface area contributed by atoms with Gasteiger partial charge in [0.15, 0.2) is 0 Å². The Hall–Kier alpha value is -2.47. The number of carbonyl (C=O) groups is 2. The third-order valence-corrected chi connectivity index (χ3v) is 5.87. The zero-order valence-corrected chi connectivity index (χ0v) is 15.2. The Kier molecular flexibility index (Phi) is 4.59. The van der Waals surface area contributed by atoms with E-state index in [1.54, 1.807) is 18.2 Å². The van der Waals surface area contributed by atoms with Crippen molar-refractivity contribution in [3.8, 4) is 0 Å². The highest BCUT2D eigenvalue weighted by molar-refractivity contribution is 7.98. The minimum atomic E-state index is -0.479. The van der Waals surface area contributed by atoms with Gasteiger partial charge in [0.1, 0.15) is 0 Å². The average molecular weight is 367 g/mol. The maximum absolute atomic E-state index is 12.5. The minimum absolute atomic E-state index is 0.242. The van der Waals surface area contributed by atoms with E-state index in [1.165, 1.54) is 34.2 Å². The number of nitrogens with one attached hydrogen (secondary N) is 2.